The first-order chi connectivity index (χ1) is 15.0. The summed E-state index contributed by atoms with van der Waals surface area (Å²) < 4.78 is 22.7. The van der Waals surface area contributed by atoms with Crippen molar-refractivity contribution in [2.24, 2.45) is 0 Å². The number of hydrogen-bond acceptors (Lipinski definition) is 7. The molecule has 2 aromatic heterocycles. The average Bonchev–Trinajstić information content (AvgIpc) is 3.34. The molecule has 0 bridgehead atoms. The molecule has 4 rings (SSSR count). The Labute approximate surface area is 185 Å². The molecule has 3 heterocycles. The number of fused-ring (bicyclic) bond motifs is 1. The van der Waals surface area contributed by atoms with Crippen molar-refractivity contribution in [3.8, 4) is 23.0 Å². The first kappa shape index (κ1) is 21.8. The van der Waals surface area contributed by atoms with E-state index < -0.39 is 11.2 Å². The van der Waals surface area contributed by atoms with Crippen LogP contribution in [0.25, 0.3) is 22.5 Å². The molecule has 8 nitrogen and oxygen atoms in total. The molecule has 0 aliphatic carbocycles. The van der Waals surface area contributed by atoms with Crippen molar-refractivity contribution >= 4 is 17.1 Å². The minimum Gasteiger partial charge on any atom is -0.507 e. The van der Waals surface area contributed by atoms with Crippen LogP contribution in [0.15, 0.2) is 37.9 Å². The monoisotopic (exact) mass is 441 g/mol. The third-order valence-electron chi connectivity index (χ3n) is 5.36. The highest BCUT2D eigenvalue weighted by Gasteiger charge is 2.31. The number of hydrogen-bond donors (Lipinski definition) is 1. The van der Waals surface area contributed by atoms with Gasteiger partial charge in [0.05, 0.1) is 12.1 Å². The standard InChI is InChI=1S/C24H27NO7/c1-13-20(26)14(2)22(27)31-21(13)19-11-15-10-16(6-7-18(15)30-19)29-17-8-9-25(12-17)23(28)32-24(3,4)5/h6-7,10-11,17,26H,8-9,12H2,1-5H3. The molecule has 1 aliphatic rings. The summed E-state index contributed by atoms with van der Waals surface area (Å²) in [6.45, 7) is 9.73. The Kier molecular flexibility index (Phi) is 5.40. The van der Waals surface area contributed by atoms with Gasteiger partial charge in [-0.3, -0.25) is 0 Å². The van der Waals surface area contributed by atoms with Crippen LogP contribution in [0.4, 0.5) is 4.79 Å². The minimum absolute atomic E-state index is 0.100. The number of aromatic hydroxyl groups is 1. The molecule has 1 unspecified atom stereocenters. The van der Waals surface area contributed by atoms with E-state index in [-0.39, 0.29) is 29.3 Å². The Bertz CT molecular complexity index is 1230. The van der Waals surface area contributed by atoms with Gasteiger partial charge in [-0.25, -0.2) is 9.59 Å². The van der Waals surface area contributed by atoms with E-state index in [0.717, 1.165) is 5.39 Å². The molecular formula is C24H27NO7. The molecule has 8 heteroatoms. The summed E-state index contributed by atoms with van der Waals surface area (Å²) in [5.74, 6) is 1.09. The fraction of sp³-hybridized carbons (Fsp3) is 0.417. The van der Waals surface area contributed by atoms with Crippen molar-refractivity contribution in [1.82, 2.24) is 4.90 Å². The molecule has 1 aromatic carbocycles. The number of carbonyl (C=O) groups is 1. The molecule has 0 radical (unpaired) electrons. The number of ether oxygens (including phenoxy) is 2. The minimum atomic E-state index is -0.608. The second-order valence-corrected chi connectivity index (χ2v) is 9.08. The number of benzene rings is 1. The Morgan fingerprint density at radius 2 is 1.91 bits per heavy atom. The largest absolute Gasteiger partial charge is 0.507 e. The molecule has 1 aliphatic heterocycles. The van der Waals surface area contributed by atoms with E-state index in [4.69, 9.17) is 18.3 Å². The van der Waals surface area contributed by atoms with Crippen LogP contribution in [0.3, 0.4) is 0 Å². The van der Waals surface area contributed by atoms with Gasteiger partial charge in [-0.1, -0.05) is 0 Å². The molecule has 1 saturated heterocycles. The van der Waals surface area contributed by atoms with Crippen molar-refractivity contribution < 1.29 is 28.2 Å². The maximum atomic E-state index is 12.3. The van der Waals surface area contributed by atoms with Crippen molar-refractivity contribution in [3.63, 3.8) is 0 Å². The Morgan fingerprint density at radius 1 is 1.16 bits per heavy atom. The van der Waals surface area contributed by atoms with Crippen LogP contribution in [0, 0.1) is 13.8 Å². The van der Waals surface area contributed by atoms with Crippen LogP contribution in [0.2, 0.25) is 0 Å². The lowest BCUT2D eigenvalue weighted by atomic mass is 10.1. The van der Waals surface area contributed by atoms with Gasteiger partial charge in [-0.2, -0.15) is 0 Å². The molecule has 3 aromatic rings. The van der Waals surface area contributed by atoms with E-state index in [2.05, 4.69) is 0 Å². The first-order valence-electron chi connectivity index (χ1n) is 10.5. The number of amides is 1. The zero-order valence-corrected chi connectivity index (χ0v) is 18.9. The van der Waals surface area contributed by atoms with Gasteiger partial charge in [0.25, 0.3) is 0 Å². The molecule has 1 fully saturated rings. The number of furan rings is 1. The molecule has 1 N–H and O–H groups in total. The molecule has 170 valence electrons. The van der Waals surface area contributed by atoms with E-state index in [1.165, 1.54) is 6.92 Å². The number of rotatable bonds is 3. The van der Waals surface area contributed by atoms with Crippen molar-refractivity contribution in [1.29, 1.82) is 0 Å². The zero-order chi connectivity index (χ0) is 23.2. The van der Waals surface area contributed by atoms with Crippen LogP contribution in [0.5, 0.6) is 11.5 Å². The van der Waals surface area contributed by atoms with E-state index in [9.17, 15) is 14.7 Å². The van der Waals surface area contributed by atoms with Gasteiger partial charge < -0.3 is 28.3 Å². The van der Waals surface area contributed by atoms with E-state index in [0.29, 0.717) is 42.2 Å². The summed E-state index contributed by atoms with van der Waals surface area (Å²) in [5, 5.41) is 10.9. The lowest BCUT2D eigenvalue weighted by Crippen LogP contribution is -2.36. The third-order valence-corrected chi connectivity index (χ3v) is 5.36. The normalized spacial score (nSPS) is 16.5. The summed E-state index contributed by atoms with van der Waals surface area (Å²) >= 11 is 0. The number of carbonyl (C=O) groups excluding carboxylic acids is 1. The van der Waals surface area contributed by atoms with Gasteiger partial charge >= 0.3 is 11.7 Å². The lowest BCUT2D eigenvalue weighted by Gasteiger charge is -2.24. The van der Waals surface area contributed by atoms with Crippen LogP contribution in [-0.2, 0) is 4.74 Å². The Morgan fingerprint density at radius 3 is 2.62 bits per heavy atom. The van der Waals surface area contributed by atoms with E-state index >= 15 is 0 Å². The van der Waals surface area contributed by atoms with Crippen molar-refractivity contribution in [2.75, 3.05) is 13.1 Å². The fourth-order valence-corrected chi connectivity index (χ4v) is 3.68. The van der Waals surface area contributed by atoms with Crippen molar-refractivity contribution in [2.45, 2.75) is 52.7 Å². The topological polar surface area (TPSA) is 102 Å². The smallest absolute Gasteiger partial charge is 0.410 e. The summed E-state index contributed by atoms with van der Waals surface area (Å²) in [4.78, 5) is 25.9. The predicted octanol–water partition coefficient (Wildman–Crippen LogP) is 4.76. The predicted molar refractivity (Wildman–Crippen MR) is 118 cm³/mol. The molecule has 1 amide bonds. The van der Waals surface area contributed by atoms with Gasteiger partial charge in [-0.05, 0) is 58.9 Å². The van der Waals surface area contributed by atoms with Crippen LogP contribution in [-0.4, -0.2) is 40.9 Å². The van der Waals surface area contributed by atoms with Crippen LogP contribution < -0.4 is 10.4 Å². The second kappa shape index (κ2) is 7.93. The third kappa shape index (κ3) is 4.30. The highest BCUT2D eigenvalue weighted by molar-refractivity contribution is 5.84. The zero-order valence-electron chi connectivity index (χ0n) is 18.9. The average molecular weight is 441 g/mol. The van der Waals surface area contributed by atoms with E-state index in [1.54, 1.807) is 30.0 Å². The maximum Gasteiger partial charge on any atom is 0.410 e. The summed E-state index contributed by atoms with van der Waals surface area (Å²) in [5.41, 5.74) is 0.0478. The number of likely N-dealkylation sites (tertiary alicyclic amines) is 1. The number of nitrogens with zero attached hydrogens (tertiary/aromatic N) is 1. The van der Waals surface area contributed by atoms with Crippen molar-refractivity contribution in [3.05, 3.63) is 45.8 Å². The van der Waals surface area contributed by atoms with E-state index in [1.807, 2.05) is 26.8 Å². The van der Waals surface area contributed by atoms with Gasteiger partial charge in [0.15, 0.2) is 11.5 Å². The molecular weight excluding hydrogens is 414 g/mol. The quantitative estimate of drug-likeness (QED) is 0.625. The Hall–Kier alpha value is -3.42. The summed E-state index contributed by atoms with van der Waals surface area (Å²) in [6.07, 6.45) is 0.235. The Balaban J connectivity index is 1.51. The van der Waals surface area contributed by atoms with Gasteiger partial charge in [0.2, 0.25) is 0 Å². The summed E-state index contributed by atoms with van der Waals surface area (Å²) in [6, 6.07) is 7.14. The SMILES string of the molecule is Cc1c(-c2cc3cc(OC4CCN(C(=O)OC(C)(C)C)C4)ccc3o2)oc(=O)c(C)c1O. The van der Waals surface area contributed by atoms with Crippen LogP contribution >= 0.6 is 0 Å². The van der Waals surface area contributed by atoms with Gasteiger partial charge in [0, 0.05) is 23.9 Å². The van der Waals surface area contributed by atoms with Gasteiger partial charge in [-0.15, -0.1) is 0 Å². The highest BCUT2D eigenvalue weighted by Crippen LogP contribution is 2.35. The maximum absolute atomic E-state index is 12.3. The summed E-state index contributed by atoms with van der Waals surface area (Å²) in [7, 11) is 0. The highest BCUT2D eigenvalue weighted by atomic mass is 16.6. The lowest BCUT2D eigenvalue weighted by molar-refractivity contribution is 0.0275. The first-order valence-corrected chi connectivity index (χ1v) is 10.5. The molecule has 1 atom stereocenters. The molecule has 32 heavy (non-hydrogen) atoms. The molecule has 0 spiro atoms. The second-order valence-electron chi connectivity index (χ2n) is 9.08. The van der Waals surface area contributed by atoms with Crippen LogP contribution in [0.1, 0.15) is 38.3 Å². The fourth-order valence-electron chi connectivity index (χ4n) is 3.68. The molecule has 0 saturated carbocycles. The van der Waals surface area contributed by atoms with Gasteiger partial charge in [0.1, 0.15) is 28.8 Å².